The maximum Gasteiger partial charge on any atom is 0.417 e. The summed E-state index contributed by atoms with van der Waals surface area (Å²) < 4.78 is 41.8. The third-order valence-electron chi connectivity index (χ3n) is 5.90. The highest BCUT2D eigenvalue weighted by Crippen LogP contribution is 2.30. The number of pyridine rings is 3. The number of nitrogens with one attached hydrogen (secondary N) is 1. The van der Waals surface area contributed by atoms with E-state index < -0.39 is 11.7 Å². The van der Waals surface area contributed by atoms with Crippen LogP contribution >= 0.6 is 12.4 Å². The van der Waals surface area contributed by atoms with Crippen LogP contribution in [0.15, 0.2) is 53.6 Å². The molecule has 0 unspecified atom stereocenters. The molecule has 0 amide bonds. The van der Waals surface area contributed by atoms with Crippen molar-refractivity contribution >= 4 is 23.4 Å². The fourth-order valence-corrected chi connectivity index (χ4v) is 4.25. The minimum absolute atomic E-state index is 0. The Hall–Kier alpha value is -3.17. The van der Waals surface area contributed by atoms with E-state index in [-0.39, 0.29) is 18.0 Å². The van der Waals surface area contributed by atoms with Gasteiger partial charge >= 0.3 is 6.18 Å². The number of aromatic nitrogens is 4. The molecule has 33 heavy (non-hydrogen) atoms. The molecule has 0 bridgehead atoms. The van der Waals surface area contributed by atoms with Crippen molar-refractivity contribution in [3.63, 3.8) is 0 Å². The van der Waals surface area contributed by atoms with Gasteiger partial charge in [0, 0.05) is 55.1 Å². The summed E-state index contributed by atoms with van der Waals surface area (Å²) in [7, 11) is 1.99. The number of alkyl halides is 3. The predicted molar refractivity (Wildman–Crippen MR) is 122 cm³/mol. The predicted octanol–water partition coefficient (Wildman–Crippen LogP) is 3.92. The molecule has 0 radical (unpaired) electrons. The van der Waals surface area contributed by atoms with Crippen LogP contribution in [0.25, 0.3) is 28.1 Å². The van der Waals surface area contributed by atoms with Gasteiger partial charge < -0.3 is 9.88 Å². The Labute approximate surface area is 193 Å². The molecule has 1 N–H and O–H groups in total. The minimum atomic E-state index is -4.45. The Morgan fingerprint density at radius 1 is 1.06 bits per heavy atom. The van der Waals surface area contributed by atoms with E-state index in [1.165, 1.54) is 28.0 Å². The second-order valence-electron chi connectivity index (χ2n) is 7.83. The lowest BCUT2D eigenvalue weighted by atomic mass is 10.1. The highest BCUT2D eigenvalue weighted by Gasteiger charge is 2.30. The van der Waals surface area contributed by atoms with Crippen molar-refractivity contribution in [1.29, 1.82) is 0 Å². The first-order chi connectivity index (χ1) is 15.3. The molecule has 0 saturated heterocycles. The zero-order chi connectivity index (χ0) is 22.5. The number of nitrogens with zero attached hydrogens (tertiary/aromatic N) is 4. The summed E-state index contributed by atoms with van der Waals surface area (Å²) in [5, 5.41) is 4.50. The van der Waals surface area contributed by atoms with Crippen LogP contribution in [0.4, 0.5) is 13.2 Å². The summed E-state index contributed by atoms with van der Waals surface area (Å²) in [5.74, 6) is 0.489. The van der Waals surface area contributed by atoms with Gasteiger partial charge in [0.25, 0.3) is 5.56 Å². The summed E-state index contributed by atoms with van der Waals surface area (Å²) in [6.07, 6.45) is -0.256. The summed E-state index contributed by atoms with van der Waals surface area (Å²) >= 11 is 0. The Balaban J connectivity index is 0.00000259. The van der Waals surface area contributed by atoms with Crippen molar-refractivity contribution in [1.82, 2.24) is 24.4 Å². The SMILES string of the molecule is Cl.Cn1c2c(c3ccc(-n4ccc(-c5ccc(C(F)(F)F)cn5)cc4=O)nc31)CCNCC2. The molecule has 0 aromatic carbocycles. The van der Waals surface area contributed by atoms with Gasteiger partial charge in [0.2, 0.25) is 0 Å². The van der Waals surface area contributed by atoms with E-state index in [2.05, 4.69) is 14.9 Å². The highest BCUT2D eigenvalue weighted by atomic mass is 35.5. The van der Waals surface area contributed by atoms with Crippen LogP contribution in [0.3, 0.4) is 0 Å². The number of fused-ring (bicyclic) bond motifs is 3. The van der Waals surface area contributed by atoms with Gasteiger partial charge in [-0.25, -0.2) is 4.98 Å². The molecule has 5 rings (SSSR count). The third-order valence-corrected chi connectivity index (χ3v) is 5.90. The average Bonchev–Trinajstić information content (AvgIpc) is 2.93. The normalized spacial score (nSPS) is 13.9. The molecular formula is C23H21ClF3N5O. The number of halogens is 4. The minimum Gasteiger partial charge on any atom is -0.332 e. The second-order valence-corrected chi connectivity index (χ2v) is 7.83. The molecule has 0 aliphatic carbocycles. The number of hydrogen-bond donors (Lipinski definition) is 1. The molecule has 0 saturated carbocycles. The Bertz CT molecular complexity index is 1380. The first-order valence-electron chi connectivity index (χ1n) is 10.3. The summed E-state index contributed by atoms with van der Waals surface area (Å²) in [6, 6.07) is 9.04. The molecule has 5 heterocycles. The van der Waals surface area contributed by atoms with Gasteiger partial charge in [0.1, 0.15) is 11.5 Å². The van der Waals surface area contributed by atoms with E-state index in [9.17, 15) is 18.0 Å². The Morgan fingerprint density at radius 2 is 1.85 bits per heavy atom. The third kappa shape index (κ3) is 4.14. The molecular weight excluding hydrogens is 455 g/mol. The van der Waals surface area contributed by atoms with Gasteiger partial charge in [0.05, 0.1) is 11.3 Å². The molecule has 172 valence electrons. The molecule has 0 atom stereocenters. The molecule has 0 fully saturated rings. The summed E-state index contributed by atoms with van der Waals surface area (Å²) in [4.78, 5) is 21.4. The van der Waals surface area contributed by atoms with Gasteiger partial charge in [-0.2, -0.15) is 13.2 Å². The number of aryl methyl sites for hydroxylation is 1. The van der Waals surface area contributed by atoms with Crippen LogP contribution < -0.4 is 10.9 Å². The van der Waals surface area contributed by atoms with Crippen LogP contribution in [0, 0.1) is 0 Å². The van der Waals surface area contributed by atoms with Gasteiger partial charge in [-0.05, 0) is 48.9 Å². The zero-order valence-electron chi connectivity index (χ0n) is 17.7. The van der Waals surface area contributed by atoms with Gasteiger partial charge in [-0.3, -0.25) is 14.3 Å². The van der Waals surface area contributed by atoms with E-state index in [1.807, 2.05) is 19.2 Å². The number of hydrogen-bond acceptors (Lipinski definition) is 4. The molecule has 4 aromatic rings. The lowest BCUT2D eigenvalue weighted by Crippen LogP contribution is -2.18. The zero-order valence-corrected chi connectivity index (χ0v) is 18.5. The molecule has 0 spiro atoms. The van der Waals surface area contributed by atoms with Crippen LogP contribution in [0.2, 0.25) is 0 Å². The lowest BCUT2D eigenvalue weighted by molar-refractivity contribution is -0.137. The highest BCUT2D eigenvalue weighted by molar-refractivity contribution is 5.85. The molecule has 4 aromatic heterocycles. The van der Waals surface area contributed by atoms with Crippen molar-refractivity contribution in [2.24, 2.45) is 7.05 Å². The molecule has 1 aliphatic rings. The standard InChI is InChI=1S/C23H20F3N5O.ClH/c1-30-19-7-10-27-9-6-16(19)17-3-5-20(29-22(17)30)31-11-8-14(12-21(31)32)18-4-2-15(13-28-18)23(24,25)26;/h2-5,8,11-13,27H,6-7,9-10H2,1H3;1H. The first-order valence-corrected chi connectivity index (χ1v) is 10.3. The van der Waals surface area contributed by atoms with Gasteiger partial charge in [-0.1, -0.05) is 0 Å². The fourth-order valence-electron chi connectivity index (χ4n) is 4.25. The van der Waals surface area contributed by atoms with Crippen molar-refractivity contribution in [2.45, 2.75) is 19.0 Å². The van der Waals surface area contributed by atoms with Gasteiger partial charge in [0.15, 0.2) is 0 Å². The van der Waals surface area contributed by atoms with Gasteiger partial charge in [-0.15, -0.1) is 12.4 Å². The Morgan fingerprint density at radius 3 is 2.55 bits per heavy atom. The van der Waals surface area contributed by atoms with Crippen molar-refractivity contribution in [2.75, 3.05) is 13.1 Å². The molecule has 6 nitrogen and oxygen atoms in total. The van der Waals surface area contributed by atoms with Crippen molar-refractivity contribution in [3.8, 4) is 17.1 Å². The maximum atomic E-state index is 12.8. The second kappa shape index (κ2) is 8.64. The van der Waals surface area contributed by atoms with Crippen LogP contribution in [-0.4, -0.2) is 32.2 Å². The maximum absolute atomic E-state index is 12.8. The van der Waals surface area contributed by atoms with E-state index in [0.29, 0.717) is 17.1 Å². The van der Waals surface area contributed by atoms with Crippen molar-refractivity contribution in [3.05, 3.63) is 76.0 Å². The van der Waals surface area contributed by atoms with Crippen molar-refractivity contribution < 1.29 is 13.2 Å². The first kappa shape index (κ1) is 23.0. The largest absolute Gasteiger partial charge is 0.417 e. The number of rotatable bonds is 2. The molecule has 1 aliphatic heterocycles. The smallest absolute Gasteiger partial charge is 0.332 e. The quantitative estimate of drug-likeness (QED) is 0.477. The van der Waals surface area contributed by atoms with E-state index in [4.69, 9.17) is 4.98 Å². The average molecular weight is 476 g/mol. The van der Waals surface area contributed by atoms with Crippen LogP contribution in [0.1, 0.15) is 16.8 Å². The van der Waals surface area contributed by atoms with E-state index >= 15 is 0 Å². The van der Waals surface area contributed by atoms with Crippen LogP contribution in [-0.2, 0) is 26.1 Å². The van der Waals surface area contributed by atoms with E-state index in [1.54, 1.807) is 12.3 Å². The lowest BCUT2D eigenvalue weighted by Gasteiger charge is -2.09. The monoisotopic (exact) mass is 475 g/mol. The Kier molecular flexibility index (Phi) is 6.02. The van der Waals surface area contributed by atoms with E-state index in [0.717, 1.165) is 49.2 Å². The molecule has 10 heteroatoms. The van der Waals surface area contributed by atoms with Crippen LogP contribution in [0.5, 0.6) is 0 Å². The summed E-state index contributed by atoms with van der Waals surface area (Å²) in [6.45, 7) is 1.84. The summed E-state index contributed by atoms with van der Waals surface area (Å²) in [5.41, 5.74) is 2.95. The fraction of sp³-hybridized carbons (Fsp3) is 0.261. The topological polar surface area (TPSA) is 64.7 Å².